The Morgan fingerprint density at radius 2 is 2.00 bits per heavy atom. The van der Waals surface area contributed by atoms with Gasteiger partial charge in [-0.05, 0) is 31.2 Å². The third-order valence-electron chi connectivity index (χ3n) is 1.53. The highest BCUT2D eigenvalue weighted by Gasteiger charge is 2.10. The third kappa shape index (κ3) is 3.53. The molecular weight excluding hydrogens is 238 g/mol. The van der Waals surface area contributed by atoms with Crippen molar-refractivity contribution in [3.63, 3.8) is 0 Å². The predicted octanol–water partition coefficient (Wildman–Crippen LogP) is 2.09. The van der Waals surface area contributed by atoms with Crippen molar-refractivity contribution in [2.75, 3.05) is 6.61 Å². The molecule has 1 rings (SSSR count). The number of benzene rings is 1. The molecule has 82 valence electrons. The lowest BCUT2D eigenvalue weighted by atomic mass is 10.4. The van der Waals surface area contributed by atoms with E-state index in [-0.39, 0.29) is 4.90 Å². The fourth-order valence-corrected chi connectivity index (χ4v) is 1.73. The van der Waals surface area contributed by atoms with Gasteiger partial charge in [0, 0.05) is 5.02 Å². The number of halogens is 1. The van der Waals surface area contributed by atoms with Gasteiger partial charge >= 0.3 is 0 Å². The summed E-state index contributed by atoms with van der Waals surface area (Å²) in [5.74, 6) is 0. The van der Waals surface area contributed by atoms with Gasteiger partial charge in [-0.1, -0.05) is 11.6 Å². The summed E-state index contributed by atoms with van der Waals surface area (Å²) in [6, 6.07) is 5.76. The van der Waals surface area contributed by atoms with Gasteiger partial charge in [0.25, 0.3) is 10.0 Å². The lowest BCUT2D eigenvalue weighted by molar-refractivity contribution is 0.344. The number of hydrogen-bond donors (Lipinski definition) is 0. The van der Waals surface area contributed by atoms with Crippen LogP contribution in [-0.4, -0.2) is 21.4 Å². The Hall–Kier alpha value is -1.07. The van der Waals surface area contributed by atoms with Crippen LogP contribution in [0.4, 0.5) is 0 Å². The van der Waals surface area contributed by atoms with E-state index in [1.54, 1.807) is 6.92 Å². The summed E-state index contributed by atoms with van der Waals surface area (Å²) < 4.78 is 31.0. The van der Waals surface area contributed by atoms with E-state index in [2.05, 4.69) is 4.40 Å². The molecule has 4 nitrogen and oxygen atoms in total. The Morgan fingerprint density at radius 3 is 2.53 bits per heavy atom. The molecular formula is C9H10ClNO3S. The van der Waals surface area contributed by atoms with E-state index in [4.69, 9.17) is 16.3 Å². The molecule has 0 fully saturated rings. The average molecular weight is 248 g/mol. The normalized spacial score (nSPS) is 11.9. The Morgan fingerprint density at radius 1 is 1.40 bits per heavy atom. The Bertz CT molecular complexity index is 439. The maximum absolute atomic E-state index is 11.5. The Labute approximate surface area is 93.6 Å². The second-order valence-electron chi connectivity index (χ2n) is 2.60. The van der Waals surface area contributed by atoms with E-state index in [1.165, 1.54) is 24.3 Å². The van der Waals surface area contributed by atoms with Crippen LogP contribution in [0.15, 0.2) is 33.6 Å². The molecule has 0 radical (unpaired) electrons. The van der Waals surface area contributed by atoms with Crippen molar-refractivity contribution in [2.24, 2.45) is 4.40 Å². The van der Waals surface area contributed by atoms with Gasteiger partial charge in [-0.15, -0.1) is 4.40 Å². The van der Waals surface area contributed by atoms with Gasteiger partial charge in [0.1, 0.15) is 0 Å². The molecule has 6 heteroatoms. The maximum Gasteiger partial charge on any atom is 0.285 e. The van der Waals surface area contributed by atoms with Gasteiger partial charge in [-0.25, -0.2) is 0 Å². The van der Waals surface area contributed by atoms with E-state index in [1.807, 2.05) is 0 Å². The fourth-order valence-electron chi connectivity index (χ4n) is 0.829. The highest BCUT2D eigenvalue weighted by atomic mass is 35.5. The molecule has 0 saturated carbocycles. The van der Waals surface area contributed by atoms with Crippen LogP contribution in [0.3, 0.4) is 0 Å². The Balaban J connectivity index is 2.91. The number of nitrogens with zero attached hydrogens (tertiary/aromatic N) is 1. The maximum atomic E-state index is 11.5. The number of ether oxygens (including phenoxy) is 1. The second-order valence-corrected chi connectivity index (χ2v) is 4.66. The molecule has 0 heterocycles. The molecule has 0 aliphatic rings. The summed E-state index contributed by atoms with van der Waals surface area (Å²) in [6.07, 6.45) is 0.921. The zero-order chi connectivity index (χ0) is 11.3. The van der Waals surface area contributed by atoms with Crippen molar-refractivity contribution in [1.29, 1.82) is 0 Å². The molecule has 0 saturated heterocycles. The van der Waals surface area contributed by atoms with Crippen LogP contribution in [0.5, 0.6) is 0 Å². The van der Waals surface area contributed by atoms with Gasteiger partial charge in [0.15, 0.2) is 6.40 Å². The van der Waals surface area contributed by atoms with Crippen LogP contribution in [-0.2, 0) is 14.8 Å². The first kappa shape index (κ1) is 12.0. The van der Waals surface area contributed by atoms with Gasteiger partial charge in [0.2, 0.25) is 0 Å². The summed E-state index contributed by atoms with van der Waals surface area (Å²) in [4.78, 5) is 0.0860. The van der Waals surface area contributed by atoms with Gasteiger partial charge in [-0.3, -0.25) is 0 Å². The predicted molar refractivity (Wildman–Crippen MR) is 58.8 cm³/mol. The van der Waals surface area contributed by atoms with Crippen molar-refractivity contribution in [3.8, 4) is 0 Å². The zero-order valence-corrected chi connectivity index (χ0v) is 9.62. The van der Waals surface area contributed by atoms with Gasteiger partial charge < -0.3 is 4.74 Å². The highest BCUT2D eigenvalue weighted by molar-refractivity contribution is 7.90. The minimum atomic E-state index is -3.66. The van der Waals surface area contributed by atoms with Crippen LogP contribution < -0.4 is 0 Å². The minimum absolute atomic E-state index is 0.0860. The summed E-state index contributed by atoms with van der Waals surface area (Å²) >= 11 is 5.63. The first-order chi connectivity index (χ1) is 7.06. The molecule has 0 unspecified atom stereocenters. The third-order valence-corrected chi connectivity index (χ3v) is 3.02. The molecule has 0 aliphatic heterocycles. The molecule has 1 aromatic rings. The zero-order valence-electron chi connectivity index (χ0n) is 8.05. The first-order valence-corrected chi connectivity index (χ1v) is 6.04. The van der Waals surface area contributed by atoms with E-state index in [9.17, 15) is 8.42 Å². The van der Waals surface area contributed by atoms with Crippen molar-refractivity contribution >= 4 is 28.0 Å². The molecule has 0 atom stereocenters. The topological polar surface area (TPSA) is 55.7 Å². The number of rotatable bonds is 4. The summed E-state index contributed by atoms with van der Waals surface area (Å²) in [6.45, 7) is 2.11. The molecule has 0 N–H and O–H groups in total. The van der Waals surface area contributed by atoms with Crippen LogP contribution in [0.1, 0.15) is 6.92 Å². The molecule has 0 amide bonds. The summed E-state index contributed by atoms with van der Waals surface area (Å²) in [5, 5.41) is 0.475. The standard InChI is InChI=1S/C9H10ClNO3S/c1-2-14-7-11-15(12,13)9-5-3-8(10)4-6-9/h3-7H,2H2,1H3. The average Bonchev–Trinajstić information content (AvgIpc) is 2.18. The molecule has 0 aromatic heterocycles. The molecule has 1 aromatic carbocycles. The lowest BCUT2D eigenvalue weighted by Gasteiger charge is -1.98. The molecule has 0 spiro atoms. The largest absolute Gasteiger partial charge is 0.483 e. The van der Waals surface area contributed by atoms with Crippen LogP contribution >= 0.6 is 11.6 Å². The quantitative estimate of drug-likeness (QED) is 0.605. The highest BCUT2D eigenvalue weighted by Crippen LogP contribution is 2.15. The van der Waals surface area contributed by atoms with Crippen LogP contribution in [0.2, 0.25) is 5.02 Å². The van der Waals surface area contributed by atoms with E-state index in [0.29, 0.717) is 11.6 Å². The van der Waals surface area contributed by atoms with E-state index >= 15 is 0 Å². The van der Waals surface area contributed by atoms with Crippen LogP contribution in [0, 0.1) is 0 Å². The lowest BCUT2D eigenvalue weighted by Crippen LogP contribution is -1.98. The number of sulfonamides is 1. The molecule has 15 heavy (non-hydrogen) atoms. The van der Waals surface area contributed by atoms with Gasteiger partial charge in [0.05, 0.1) is 11.5 Å². The van der Waals surface area contributed by atoms with E-state index < -0.39 is 10.0 Å². The molecule has 0 bridgehead atoms. The van der Waals surface area contributed by atoms with Crippen molar-refractivity contribution < 1.29 is 13.2 Å². The monoisotopic (exact) mass is 247 g/mol. The number of hydrogen-bond acceptors (Lipinski definition) is 3. The first-order valence-electron chi connectivity index (χ1n) is 4.22. The van der Waals surface area contributed by atoms with Gasteiger partial charge in [-0.2, -0.15) is 8.42 Å². The fraction of sp³-hybridized carbons (Fsp3) is 0.222. The van der Waals surface area contributed by atoms with Crippen molar-refractivity contribution in [2.45, 2.75) is 11.8 Å². The minimum Gasteiger partial charge on any atom is -0.483 e. The van der Waals surface area contributed by atoms with Crippen molar-refractivity contribution in [3.05, 3.63) is 29.3 Å². The second kappa shape index (κ2) is 5.14. The summed E-state index contributed by atoms with van der Waals surface area (Å²) in [5.41, 5.74) is 0. The SMILES string of the molecule is CCOC=NS(=O)(=O)c1ccc(Cl)cc1. The Kier molecular flexibility index (Phi) is 4.11. The van der Waals surface area contributed by atoms with Crippen LogP contribution in [0.25, 0.3) is 0 Å². The smallest absolute Gasteiger partial charge is 0.285 e. The van der Waals surface area contributed by atoms with Crippen molar-refractivity contribution in [1.82, 2.24) is 0 Å². The molecule has 0 aliphatic carbocycles. The summed E-state index contributed by atoms with van der Waals surface area (Å²) in [7, 11) is -3.66. The van der Waals surface area contributed by atoms with E-state index in [0.717, 1.165) is 6.40 Å².